The van der Waals surface area contributed by atoms with Crippen molar-refractivity contribution in [3.05, 3.63) is 5.82 Å². The van der Waals surface area contributed by atoms with Gasteiger partial charge in [-0.2, -0.15) is 0 Å². The van der Waals surface area contributed by atoms with Crippen LogP contribution in [-0.2, 0) is 13.3 Å². The number of thioether (sulfide) groups is 1. The zero-order valence-electron chi connectivity index (χ0n) is 11.2. The number of nitrogens with zero attached hydrogens (tertiary/aromatic N) is 3. The molecule has 0 amide bonds. The van der Waals surface area contributed by atoms with Gasteiger partial charge in [0.25, 0.3) is 0 Å². The molecule has 104 valence electrons. The molecule has 0 aromatic carbocycles. The molecule has 0 saturated carbocycles. The summed E-state index contributed by atoms with van der Waals surface area (Å²) in [6.07, 6.45) is 0.901. The van der Waals surface area contributed by atoms with Crippen LogP contribution in [0.4, 0.5) is 0 Å². The Hall–Kier alpha value is -0.613. The van der Waals surface area contributed by atoms with Crippen molar-refractivity contribution in [2.24, 2.45) is 0 Å². The molecule has 9 heteroatoms. The quantitative estimate of drug-likeness (QED) is 0.326. The van der Waals surface area contributed by atoms with E-state index in [0.717, 1.165) is 18.2 Å². The topological polar surface area (TPSA) is 84.4 Å². The minimum absolute atomic E-state index is 0.701. The lowest BCUT2D eigenvalue weighted by atomic mass is 10.6. The van der Waals surface area contributed by atoms with Gasteiger partial charge in [-0.3, -0.25) is 0 Å². The Morgan fingerprint density at radius 2 is 1.83 bits per heavy atom. The van der Waals surface area contributed by atoms with Gasteiger partial charge >= 0.3 is 8.80 Å². The van der Waals surface area contributed by atoms with E-state index in [9.17, 15) is 0 Å². The summed E-state index contributed by atoms with van der Waals surface area (Å²) in [4.78, 5) is 0. The maximum atomic E-state index is 5.75. The van der Waals surface area contributed by atoms with E-state index in [1.807, 2.05) is 6.92 Å². The van der Waals surface area contributed by atoms with Crippen molar-refractivity contribution in [1.29, 1.82) is 0 Å². The second kappa shape index (κ2) is 7.09. The molecule has 0 aliphatic heterocycles. The summed E-state index contributed by atoms with van der Waals surface area (Å²) in [6, 6.07) is 0.765. The van der Waals surface area contributed by atoms with Gasteiger partial charge in [0.1, 0.15) is 5.82 Å². The largest absolute Gasteiger partial charge is 0.500 e. The summed E-state index contributed by atoms with van der Waals surface area (Å²) in [5, 5.41) is 8.59. The fraction of sp³-hybridized carbons (Fsp3) is 0.778. The van der Waals surface area contributed by atoms with Gasteiger partial charge in [-0.15, -0.1) is 10.2 Å². The van der Waals surface area contributed by atoms with Crippen molar-refractivity contribution in [1.82, 2.24) is 14.9 Å². The molecular weight excluding hydrogens is 272 g/mol. The minimum Gasteiger partial charge on any atom is -0.377 e. The molecule has 0 spiro atoms. The summed E-state index contributed by atoms with van der Waals surface area (Å²) < 4.78 is 17.5. The number of aromatic nitrogens is 3. The van der Waals surface area contributed by atoms with Crippen molar-refractivity contribution in [3.63, 3.8) is 0 Å². The van der Waals surface area contributed by atoms with Crippen LogP contribution in [-0.4, -0.2) is 50.8 Å². The van der Waals surface area contributed by atoms with Crippen LogP contribution in [0, 0.1) is 6.92 Å². The lowest BCUT2D eigenvalue weighted by Gasteiger charge is -2.23. The number of aryl methyl sites for hydroxylation is 1. The lowest BCUT2D eigenvalue weighted by molar-refractivity contribution is 0.123. The number of rotatable bonds is 8. The summed E-state index contributed by atoms with van der Waals surface area (Å²) in [7, 11) is 2.40. The van der Waals surface area contributed by atoms with E-state index in [-0.39, 0.29) is 0 Å². The van der Waals surface area contributed by atoms with Crippen LogP contribution in [0.5, 0.6) is 0 Å². The Morgan fingerprint density at radius 1 is 1.22 bits per heavy atom. The summed E-state index contributed by atoms with van der Waals surface area (Å²) >= 11 is 1.56. The van der Waals surface area contributed by atoms with Gasteiger partial charge in [0.15, 0.2) is 0 Å². The fourth-order valence-electron chi connectivity index (χ4n) is 1.46. The van der Waals surface area contributed by atoms with Crippen molar-refractivity contribution in [2.75, 3.05) is 32.9 Å². The standard InChI is InChI=1S/C9H20N4O3SSi/c1-8-11-12-9(13(8)10)17-6-5-7-18(14-2,15-3)16-4/h5-7,10H2,1-4H3. The third-order valence-corrected chi connectivity index (χ3v) is 6.49. The normalized spacial score (nSPS) is 12.0. The van der Waals surface area contributed by atoms with E-state index in [1.54, 1.807) is 33.1 Å². The first-order valence-electron chi connectivity index (χ1n) is 5.54. The predicted octanol–water partition coefficient (Wildman–Crippen LogP) is 0.661. The zero-order valence-corrected chi connectivity index (χ0v) is 13.0. The van der Waals surface area contributed by atoms with Gasteiger partial charge in [-0.05, 0) is 13.3 Å². The van der Waals surface area contributed by atoms with E-state index < -0.39 is 8.80 Å². The highest BCUT2D eigenvalue weighted by Gasteiger charge is 2.36. The molecular formula is C9H20N4O3SSi. The summed E-state index contributed by atoms with van der Waals surface area (Å²) in [5.74, 6) is 7.32. The number of hydrogen-bond donors (Lipinski definition) is 1. The first-order valence-corrected chi connectivity index (χ1v) is 8.45. The van der Waals surface area contributed by atoms with Crippen molar-refractivity contribution in [2.45, 2.75) is 24.5 Å². The molecule has 1 aromatic heterocycles. The first kappa shape index (κ1) is 15.4. The first-order chi connectivity index (χ1) is 8.58. The molecule has 0 aliphatic carbocycles. The highest BCUT2D eigenvalue weighted by atomic mass is 32.2. The van der Waals surface area contributed by atoms with Gasteiger partial charge in [0, 0.05) is 33.1 Å². The second-order valence-electron chi connectivity index (χ2n) is 3.65. The van der Waals surface area contributed by atoms with Gasteiger partial charge in [-0.1, -0.05) is 11.8 Å². The van der Waals surface area contributed by atoms with Crippen LogP contribution < -0.4 is 5.84 Å². The highest BCUT2D eigenvalue weighted by Crippen LogP contribution is 2.20. The Kier molecular flexibility index (Phi) is 6.09. The molecule has 0 unspecified atom stereocenters. The summed E-state index contributed by atoms with van der Waals surface area (Å²) in [5.41, 5.74) is 0. The Balaban J connectivity index is 2.36. The number of hydrogen-bond acceptors (Lipinski definition) is 7. The molecule has 1 aromatic rings. The Morgan fingerprint density at radius 3 is 2.28 bits per heavy atom. The maximum Gasteiger partial charge on any atom is 0.500 e. The van der Waals surface area contributed by atoms with Crippen LogP contribution in [0.2, 0.25) is 6.04 Å². The molecule has 0 bridgehead atoms. The van der Waals surface area contributed by atoms with Crippen molar-refractivity contribution in [3.8, 4) is 0 Å². The van der Waals surface area contributed by atoms with Crippen LogP contribution in [0.15, 0.2) is 5.16 Å². The van der Waals surface area contributed by atoms with Crippen LogP contribution in [0.1, 0.15) is 12.2 Å². The number of nitrogen functional groups attached to an aromatic ring is 1. The summed E-state index contributed by atoms with van der Waals surface area (Å²) in [6.45, 7) is 1.82. The Labute approximate surface area is 112 Å². The van der Waals surface area contributed by atoms with E-state index in [2.05, 4.69) is 10.2 Å². The van der Waals surface area contributed by atoms with Gasteiger partial charge in [0.2, 0.25) is 5.16 Å². The second-order valence-corrected chi connectivity index (χ2v) is 7.80. The molecule has 0 radical (unpaired) electrons. The van der Waals surface area contributed by atoms with Gasteiger partial charge in [-0.25, -0.2) is 4.68 Å². The number of nitrogens with two attached hydrogens (primary N) is 1. The molecule has 18 heavy (non-hydrogen) atoms. The molecule has 1 heterocycles. The lowest BCUT2D eigenvalue weighted by Crippen LogP contribution is -2.42. The van der Waals surface area contributed by atoms with Crippen molar-refractivity contribution >= 4 is 20.6 Å². The van der Waals surface area contributed by atoms with Crippen LogP contribution in [0.3, 0.4) is 0 Å². The maximum absolute atomic E-state index is 5.75. The molecule has 0 saturated heterocycles. The van der Waals surface area contributed by atoms with Crippen LogP contribution in [0.25, 0.3) is 0 Å². The SMILES string of the molecule is CO[Si](CCCSc1nnc(C)n1N)(OC)OC. The Bertz CT molecular complexity index is 364. The molecule has 2 N–H and O–H groups in total. The van der Waals surface area contributed by atoms with Crippen molar-refractivity contribution < 1.29 is 13.3 Å². The predicted molar refractivity (Wildman–Crippen MR) is 71.8 cm³/mol. The third-order valence-electron chi connectivity index (χ3n) is 2.63. The molecule has 0 aliphatic rings. The third kappa shape index (κ3) is 3.69. The molecule has 1 rings (SSSR count). The average Bonchev–Trinajstić information content (AvgIpc) is 2.71. The van der Waals surface area contributed by atoms with Gasteiger partial charge in [0.05, 0.1) is 0 Å². The zero-order chi connectivity index (χ0) is 13.6. The molecule has 0 fully saturated rings. The average molecular weight is 292 g/mol. The monoisotopic (exact) mass is 292 g/mol. The van der Waals surface area contributed by atoms with Crippen LogP contribution >= 0.6 is 11.8 Å². The molecule has 0 atom stereocenters. The smallest absolute Gasteiger partial charge is 0.377 e. The van der Waals surface area contributed by atoms with E-state index in [4.69, 9.17) is 19.1 Å². The highest BCUT2D eigenvalue weighted by molar-refractivity contribution is 7.99. The molecule has 7 nitrogen and oxygen atoms in total. The minimum atomic E-state index is -2.45. The van der Waals surface area contributed by atoms with E-state index in [1.165, 1.54) is 4.68 Å². The van der Waals surface area contributed by atoms with Gasteiger partial charge < -0.3 is 19.1 Å². The van der Waals surface area contributed by atoms with E-state index in [0.29, 0.717) is 11.0 Å². The van der Waals surface area contributed by atoms with E-state index >= 15 is 0 Å². The fourth-order valence-corrected chi connectivity index (χ4v) is 4.28.